The molecule has 4 heteroatoms. The second-order valence-corrected chi connectivity index (χ2v) is 2.74. The maximum atomic E-state index is 8.43. The Balaban J connectivity index is 3.54. The van der Waals surface area contributed by atoms with Crippen molar-refractivity contribution in [3.8, 4) is 6.07 Å². The van der Waals surface area contributed by atoms with Gasteiger partial charge in [0.15, 0.2) is 0 Å². The highest BCUT2D eigenvalue weighted by Crippen LogP contribution is 1.91. The van der Waals surface area contributed by atoms with E-state index in [4.69, 9.17) is 14.7 Å². The van der Waals surface area contributed by atoms with Crippen molar-refractivity contribution >= 4 is 0 Å². The lowest BCUT2D eigenvalue weighted by Crippen LogP contribution is -2.31. The Bertz CT molecular complexity index is 137. The second-order valence-electron chi connectivity index (χ2n) is 2.74. The molecule has 0 radical (unpaired) electrons. The summed E-state index contributed by atoms with van der Waals surface area (Å²) in [5, 5.41) is 8.43. The number of ether oxygens (including phenoxy) is 2. The number of rotatable bonds is 8. The van der Waals surface area contributed by atoms with Crippen LogP contribution in [-0.4, -0.2) is 52.0 Å². The molecule has 0 spiro atoms. The van der Waals surface area contributed by atoms with Crippen LogP contribution in [0, 0.1) is 11.3 Å². The van der Waals surface area contributed by atoms with Crippen LogP contribution in [0.2, 0.25) is 0 Å². The van der Waals surface area contributed by atoms with E-state index >= 15 is 0 Å². The van der Waals surface area contributed by atoms with Gasteiger partial charge >= 0.3 is 0 Å². The molecule has 0 aromatic carbocycles. The van der Waals surface area contributed by atoms with Crippen LogP contribution in [0.25, 0.3) is 0 Å². The van der Waals surface area contributed by atoms with Crippen molar-refractivity contribution in [3.63, 3.8) is 0 Å². The predicted octanol–water partition coefficient (Wildman–Crippen LogP) is 0.495. The molecule has 0 aliphatic heterocycles. The number of methoxy groups -OCH3 is 2. The minimum atomic E-state index is 0.563. The van der Waals surface area contributed by atoms with Crippen molar-refractivity contribution < 1.29 is 9.47 Å². The molecular weight excluding hydrogens is 168 g/mol. The Labute approximate surface area is 80.0 Å². The van der Waals surface area contributed by atoms with Crippen LogP contribution in [0.3, 0.4) is 0 Å². The fourth-order valence-electron chi connectivity index (χ4n) is 0.984. The van der Waals surface area contributed by atoms with Gasteiger partial charge in [-0.05, 0) is 0 Å². The van der Waals surface area contributed by atoms with E-state index in [1.165, 1.54) is 0 Å². The van der Waals surface area contributed by atoms with E-state index in [0.717, 1.165) is 19.6 Å². The lowest BCUT2D eigenvalue weighted by Gasteiger charge is -2.19. The number of nitrogens with zero attached hydrogens (tertiary/aromatic N) is 2. The average molecular weight is 186 g/mol. The van der Waals surface area contributed by atoms with E-state index in [2.05, 4.69) is 11.0 Å². The first-order valence-electron chi connectivity index (χ1n) is 4.42. The van der Waals surface area contributed by atoms with Crippen molar-refractivity contribution in [2.24, 2.45) is 0 Å². The molecule has 13 heavy (non-hydrogen) atoms. The fourth-order valence-corrected chi connectivity index (χ4v) is 0.984. The van der Waals surface area contributed by atoms with Gasteiger partial charge in [-0.3, -0.25) is 4.90 Å². The molecule has 4 nitrogen and oxygen atoms in total. The van der Waals surface area contributed by atoms with Gasteiger partial charge in [0.25, 0.3) is 0 Å². The number of hydrogen-bond acceptors (Lipinski definition) is 4. The molecule has 0 fully saturated rings. The quantitative estimate of drug-likeness (QED) is 0.553. The molecule has 76 valence electrons. The maximum Gasteiger partial charge on any atom is 0.0635 e. The molecule has 0 aromatic rings. The van der Waals surface area contributed by atoms with Gasteiger partial charge in [0.05, 0.1) is 19.3 Å². The third-order valence-electron chi connectivity index (χ3n) is 1.76. The summed E-state index contributed by atoms with van der Waals surface area (Å²) in [5.74, 6) is 0. The van der Waals surface area contributed by atoms with E-state index in [1.54, 1.807) is 14.2 Å². The Morgan fingerprint density at radius 3 is 2.00 bits per heavy atom. The van der Waals surface area contributed by atoms with Crippen LogP contribution in [0.1, 0.15) is 6.42 Å². The first-order chi connectivity index (χ1) is 6.35. The summed E-state index contributed by atoms with van der Waals surface area (Å²) >= 11 is 0. The Morgan fingerprint density at radius 2 is 1.62 bits per heavy atom. The van der Waals surface area contributed by atoms with Crippen LogP contribution < -0.4 is 0 Å². The molecule has 0 atom stereocenters. The van der Waals surface area contributed by atoms with Crippen molar-refractivity contribution in [1.82, 2.24) is 4.90 Å². The van der Waals surface area contributed by atoms with Gasteiger partial charge in [-0.25, -0.2) is 0 Å². The van der Waals surface area contributed by atoms with Crippen molar-refractivity contribution in [2.45, 2.75) is 6.42 Å². The summed E-state index contributed by atoms with van der Waals surface area (Å²) in [6.07, 6.45) is 0.563. The number of hydrogen-bond donors (Lipinski definition) is 0. The maximum absolute atomic E-state index is 8.43. The summed E-state index contributed by atoms with van der Waals surface area (Å²) in [4.78, 5) is 2.16. The van der Waals surface area contributed by atoms with Crippen LogP contribution in [0.15, 0.2) is 0 Å². The van der Waals surface area contributed by atoms with Gasteiger partial charge in [0.2, 0.25) is 0 Å². The van der Waals surface area contributed by atoms with Gasteiger partial charge in [-0.15, -0.1) is 0 Å². The molecule has 0 saturated carbocycles. The molecular formula is C9H18N2O2. The first kappa shape index (κ1) is 12.4. The van der Waals surface area contributed by atoms with E-state index < -0.39 is 0 Å². The molecule has 0 rings (SSSR count). The number of nitriles is 1. The van der Waals surface area contributed by atoms with Gasteiger partial charge in [-0.2, -0.15) is 5.26 Å². The Hall–Kier alpha value is -0.630. The van der Waals surface area contributed by atoms with Gasteiger partial charge in [0.1, 0.15) is 0 Å². The lowest BCUT2D eigenvalue weighted by molar-refractivity contribution is 0.115. The standard InChI is InChI=1S/C9H18N2O2/c1-12-8-6-11(5-3-4-10)7-9-13-2/h3,5-9H2,1-2H3. The smallest absolute Gasteiger partial charge is 0.0635 e. The van der Waals surface area contributed by atoms with Crippen molar-refractivity contribution in [1.29, 1.82) is 5.26 Å². The minimum Gasteiger partial charge on any atom is -0.383 e. The third kappa shape index (κ3) is 7.72. The second kappa shape index (κ2) is 9.46. The molecule has 0 bridgehead atoms. The molecule has 0 amide bonds. The van der Waals surface area contributed by atoms with E-state index in [1.807, 2.05) is 0 Å². The average Bonchev–Trinajstić information content (AvgIpc) is 2.17. The van der Waals surface area contributed by atoms with E-state index in [-0.39, 0.29) is 0 Å². The summed E-state index contributed by atoms with van der Waals surface area (Å²) in [7, 11) is 3.36. The monoisotopic (exact) mass is 186 g/mol. The van der Waals surface area contributed by atoms with E-state index in [9.17, 15) is 0 Å². The third-order valence-corrected chi connectivity index (χ3v) is 1.76. The van der Waals surface area contributed by atoms with Crippen molar-refractivity contribution in [3.05, 3.63) is 0 Å². The summed E-state index contributed by atoms with van der Waals surface area (Å²) in [6.45, 7) is 3.93. The Kier molecular flexibility index (Phi) is 9.00. The zero-order valence-corrected chi connectivity index (χ0v) is 8.45. The van der Waals surface area contributed by atoms with Gasteiger partial charge in [0, 0.05) is 40.3 Å². The largest absolute Gasteiger partial charge is 0.383 e. The zero-order chi connectivity index (χ0) is 9.94. The molecule has 0 aliphatic carbocycles. The SMILES string of the molecule is COCCN(CCC#N)CCOC. The highest BCUT2D eigenvalue weighted by atomic mass is 16.5. The Morgan fingerprint density at radius 1 is 1.08 bits per heavy atom. The molecule has 0 saturated heterocycles. The summed E-state index contributed by atoms with van der Waals surface area (Å²) in [6, 6.07) is 2.13. The summed E-state index contributed by atoms with van der Waals surface area (Å²) < 4.78 is 9.93. The molecule has 0 unspecified atom stereocenters. The molecule has 0 heterocycles. The van der Waals surface area contributed by atoms with Crippen LogP contribution in [0.4, 0.5) is 0 Å². The normalized spacial score (nSPS) is 10.3. The van der Waals surface area contributed by atoms with Crippen molar-refractivity contribution in [2.75, 3.05) is 47.1 Å². The van der Waals surface area contributed by atoms with Crippen LogP contribution >= 0.6 is 0 Å². The van der Waals surface area contributed by atoms with Gasteiger partial charge in [-0.1, -0.05) is 0 Å². The fraction of sp³-hybridized carbons (Fsp3) is 0.889. The predicted molar refractivity (Wildman–Crippen MR) is 50.4 cm³/mol. The highest BCUT2D eigenvalue weighted by molar-refractivity contribution is 4.72. The zero-order valence-electron chi connectivity index (χ0n) is 8.45. The topological polar surface area (TPSA) is 45.5 Å². The first-order valence-corrected chi connectivity index (χ1v) is 4.42. The highest BCUT2D eigenvalue weighted by Gasteiger charge is 2.02. The van der Waals surface area contributed by atoms with Crippen LogP contribution in [0.5, 0.6) is 0 Å². The van der Waals surface area contributed by atoms with E-state index in [0.29, 0.717) is 19.6 Å². The molecule has 0 aliphatic rings. The molecule has 0 aromatic heterocycles. The van der Waals surface area contributed by atoms with Gasteiger partial charge < -0.3 is 9.47 Å². The summed E-state index contributed by atoms with van der Waals surface area (Å²) in [5.41, 5.74) is 0. The van der Waals surface area contributed by atoms with Crippen LogP contribution in [-0.2, 0) is 9.47 Å². The molecule has 0 N–H and O–H groups in total. The minimum absolute atomic E-state index is 0.563. The lowest BCUT2D eigenvalue weighted by atomic mass is 10.4.